The Kier molecular flexibility index (Phi) is 6.02. The summed E-state index contributed by atoms with van der Waals surface area (Å²) in [7, 11) is 4.38. The molecule has 1 aromatic carbocycles. The molecule has 0 aliphatic carbocycles. The summed E-state index contributed by atoms with van der Waals surface area (Å²) in [4.78, 5) is 4.92. The lowest BCUT2D eigenvalue weighted by atomic mass is 10.1. The Morgan fingerprint density at radius 1 is 1.30 bits per heavy atom. The van der Waals surface area contributed by atoms with Crippen LogP contribution in [0.2, 0.25) is 0 Å². The number of hydrogen-bond donors (Lipinski definition) is 1. The van der Waals surface area contributed by atoms with Gasteiger partial charge in [0.15, 0.2) is 0 Å². The molecule has 2 rings (SSSR count). The molecule has 20 heavy (non-hydrogen) atoms. The highest BCUT2D eigenvalue weighted by Gasteiger charge is 2.23. The maximum atomic E-state index is 3.47. The SMILES string of the molecule is CCCNCc1cccc(CN2CCC(N(C)C)C2)c1. The van der Waals surface area contributed by atoms with E-state index in [-0.39, 0.29) is 0 Å². The van der Waals surface area contributed by atoms with Crippen LogP contribution in [-0.2, 0) is 13.1 Å². The Balaban J connectivity index is 1.85. The van der Waals surface area contributed by atoms with Crippen molar-refractivity contribution in [2.45, 2.75) is 38.9 Å². The monoisotopic (exact) mass is 275 g/mol. The van der Waals surface area contributed by atoms with E-state index in [2.05, 4.69) is 60.4 Å². The van der Waals surface area contributed by atoms with Gasteiger partial charge in [0.1, 0.15) is 0 Å². The summed E-state index contributed by atoms with van der Waals surface area (Å²) in [6.45, 7) is 7.80. The molecule has 0 amide bonds. The van der Waals surface area contributed by atoms with E-state index in [1.54, 1.807) is 0 Å². The molecule has 1 aromatic rings. The summed E-state index contributed by atoms with van der Waals surface area (Å²) in [6, 6.07) is 9.75. The fraction of sp³-hybridized carbons (Fsp3) is 0.647. The van der Waals surface area contributed by atoms with E-state index < -0.39 is 0 Å². The zero-order valence-corrected chi connectivity index (χ0v) is 13.2. The van der Waals surface area contributed by atoms with E-state index in [0.717, 1.165) is 25.7 Å². The summed E-state index contributed by atoms with van der Waals surface area (Å²) in [5, 5.41) is 3.47. The molecule has 1 aliphatic heterocycles. The average molecular weight is 275 g/mol. The zero-order chi connectivity index (χ0) is 14.4. The molecule has 1 atom stereocenters. The number of likely N-dealkylation sites (tertiary alicyclic amines) is 1. The molecular formula is C17H29N3. The molecule has 1 saturated heterocycles. The normalized spacial score (nSPS) is 19.9. The highest BCUT2D eigenvalue weighted by molar-refractivity contribution is 5.23. The molecule has 1 unspecified atom stereocenters. The molecule has 0 spiro atoms. The number of hydrogen-bond acceptors (Lipinski definition) is 3. The number of nitrogens with one attached hydrogen (secondary N) is 1. The third-order valence-electron chi connectivity index (χ3n) is 4.13. The molecule has 112 valence electrons. The first-order valence-electron chi connectivity index (χ1n) is 7.86. The van der Waals surface area contributed by atoms with Crippen LogP contribution >= 0.6 is 0 Å². The Morgan fingerprint density at radius 3 is 2.80 bits per heavy atom. The molecule has 0 radical (unpaired) electrons. The lowest BCUT2D eigenvalue weighted by Crippen LogP contribution is -2.31. The van der Waals surface area contributed by atoms with Crippen LogP contribution in [-0.4, -0.2) is 49.6 Å². The predicted octanol–water partition coefficient (Wildman–Crippen LogP) is 2.32. The minimum Gasteiger partial charge on any atom is -0.313 e. The average Bonchev–Trinajstić information content (AvgIpc) is 2.88. The fourth-order valence-electron chi connectivity index (χ4n) is 2.88. The van der Waals surface area contributed by atoms with Crippen LogP contribution in [0.25, 0.3) is 0 Å². The smallest absolute Gasteiger partial charge is 0.0234 e. The Bertz CT molecular complexity index is 403. The van der Waals surface area contributed by atoms with E-state index in [1.165, 1.54) is 37.1 Å². The second-order valence-corrected chi connectivity index (χ2v) is 6.14. The Morgan fingerprint density at radius 2 is 2.10 bits per heavy atom. The van der Waals surface area contributed by atoms with Crippen LogP contribution in [0.5, 0.6) is 0 Å². The Labute approximate surface area is 124 Å². The first-order chi connectivity index (χ1) is 9.69. The molecule has 1 heterocycles. The van der Waals surface area contributed by atoms with Gasteiger partial charge in [0.05, 0.1) is 0 Å². The van der Waals surface area contributed by atoms with Crippen LogP contribution in [0.3, 0.4) is 0 Å². The molecule has 3 heteroatoms. The van der Waals surface area contributed by atoms with Gasteiger partial charge < -0.3 is 10.2 Å². The maximum Gasteiger partial charge on any atom is 0.0234 e. The van der Waals surface area contributed by atoms with Gasteiger partial charge in [0, 0.05) is 32.2 Å². The second-order valence-electron chi connectivity index (χ2n) is 6.14. The molecular weight excluding hydrogens is 246 g/mol. The van der Waals surface area contributed by atoms with Crippen molar-refractivity contribution >= 4 is 0 Å². The highest BCUT2D eigenvalue weighted by Crippen LogP contribution is 2.17. The van der Waals surface area contributed by atoms with Gasteiger partial charge >= 0.3 is 0 Å². The summed E-state index contributed by atoms with van der Waals surface area (Å²) >= 11 is 0. The van der Waals surface area contributed by atoms with Gasteiger partial charge in [-0.25, -0.2) is 0 Å². The third kappa shape index (κ3) is 4.58. The van der Waals surface area contributed by atoms with E-state index in [4.69, 9.17) is 0 Å². The van der Waals surface area contributed by atoms with E-state index >= 15 is 0 Å². The lowest BCUT2D eigenvalue weighted by molar-refractivity contribution is 0.264. The first kappa shape index (κ1) is 15.5. The number of nitrogens with zero attached hydrogens (tertiary/aromatic N) is 2. The minimum atomic E-state index is 0.726. The van der Waals surface area contributed by atoms with Crippen molar-refractivity contribution in [3.63, 3.8) is 0 Å². The summed E-state index contributed by atoms with van der Waals surface area (Å²) in [5.41, 5.74) is 2.85. The van der Waals surface area contributed by atoms with Crippen LogP contribution < -0.4 is 5.32 Å². The zero-order valence-electron chi connectivity index (χ0n) is 13.2. The van der Waals surface area contributed by atoms with Gasteiger partial charge in [-0.15, -0.1) is 0 Å². The van der Waals surface area contributed by atoms with Gasteiger partial charge in [-0.05, 0) is 44.6 Å². The summed E-state index contributed by atoms with van der Waals surface area (Å²) in [5.74, 6) is 0. The second kappa shape index (κ2) is 7.77. The summed E-state index contributed by atoms with van der Waals surface area (Å²) in [6.07, 6.45) is 2.49. The van der Waals surface area contributed by atoms with Gasteiger partial charge in [-0.2, -0.15) is 0 Å². The first-order valence-corrected chi connectivity index (χ1v) is 7.86. The van der Waals surface area contributed by atoms with E-state index in [1.807, 2.05) is 0 Å². The molecule has 0 aromatic heterocycles. The van der Waals surface area contributed by atoms with Crippen LogP contribution in [0.1, 0.15) is 30.9 Å². The predicted molar refractivity (Wildman–Crippen MR) is 85.8 cm³/mol. The van der Waals surface area contributed by atoms with Crippen LogP contribution in [0.4, 0.5) is 0 Å². The van der Waals surface area contributed by atoms with Crippen molar-refractivity contribution in [3.05, 3.63) is 35.4 Å². The fourth-order valence-corrected chi connectivity index (χ4v) is 2.88. The maximum absolute atomic E-state index is 3.47. The van der Waals surface area contributed by atoms with Crippen molar-refractivity contribution in [3.8, 4) is 0 Å². The van der Waals surface area contributed by atoms with Crippen molar-refractivity contribution in [1.29, 1.82) is 0 Å². The van der Waals surface area contributed by atoms with Crippen molar-refractivity contribution in [2.75, 3.05) is 33.7 Å². The largest absolute Gasteiger partial charge is 0.313 e. The molecule has 1 aliphatic rings. The quantitative estimate of drug-likeness (QED) is 0.771. The highest BCUT2D eigenvalue weighted by atomic mass is 15.2. The van der Waals surface area contributed by atoms with Crippen molar-refractivity contribution < 1.29 is 0 Å². The number of likely N-dealkylation sites (N-methyl/N-ethyl adjacent to an activating group) is 1. The third-order valence-corrected chi connectivity index (χ3v) is 4.13. The number of benzene rings is 1. The molecule has 1 fully saturated rings. The molecule has 0 bridgehead atoms. The number of rotatable bonds is 7. The van der Waals surface area contributed by atoms with Crippen molar-refractivity contribution in [2.24, 2.45) is 0 Å². The molecule has 0 saturated carbocycles. The van der Waals surface area contributed by atoms with Crippen LogP contribution in [0.15, 0.2) is 24.3 Å². The Hall–Kier alpha value is -0.900. The van der Waals surface area contributed by atoms with Crippen LogP contribution in [0, 0.1) is 0 Å². The van der Waals surface area contributed by atoms with Gasteiger partial charge in [0.2, 0.25) is 0 Å². The topological polar surface area (TPSA) is 18.5 Å². The van der Waals surface area contributed by atoms with Gasteiger partial charge in [-0.1, -0.05) is 31.2 Å². The van der Waals surface area contributed by atoms with Gasteiger partial charge in [-0.3, -0.25) is 4.90 Å². The lowest BCUT2D eigenvalue weighted by Gasteiger charge is -2.20. The summed E-state index contributed by atoms with van der Waals surface area (Å²) < 4.78 is 0. The van der Waals surface area contributed by atoms with E-state index in [9.17, 15) is 0 Å². The minimum absolute atomic E-state index is 0.726. The van der Waals surface area contributed by atoms with Crippen molar-refractivity contribution in [1.82, 2.24) is 15.1 Å². The van der Waals surface area contributed by atoms with E-state index in [0.29, 0.717) is 0 Å². The molecule has 3 nitrogen and oxygen atoms in total. The molecule has 1 N–H and O–H groups in total. The standard InChI is InChI=1S/C17H29N3/c1-4-9-18-12-15-6-5-7-16(11-15)13-20-10-8-17(14-20)19(2)3/h5-7,11,17-18H,4,8-10,12-14H2,1-3H3. The van der Waals surface area contributed by atoms with Gasteiger partial charge in [0.25, 0.3) is 0 Å².